The number of hydrogen-bond acceptors (Lipinski definition) is 4. The van der Waals surface area contributed by atoms with Gasteiger partial charge in [-0.15, -0.1) is 0 Å². The number of hydrogen-bond donors (Lipinski definition) is 0. The molecular weight excluding hydrogens is 268 g/mol. The quantitative estimate of drug-likeness (QED) is 0.634. The van der Waals surface area contributed by atoms with Crippen molar-refractivity contribution in [1.29, 1.82) is 0 Å². The third kappa shape index (κ3) is 9.48. The van der Waals surface area contributed by atoms with Crippen molar-refractivity contribution in [3.05, 3.63) is 0 Å². The highest BCUT2D eigenvalue weighted by Crippen LogP contribution is 2.24. The van der Waals surface area contributed by atoms with E-state index in [1.807, 2.05) is 0 Å². The first-order valence-electron chi connectivity index (χ1n) is 8.31. The minimum absolute atomic E-state index is 0.0582. The van der Waals surface area contributed by atoms with E-state index in [0.29, 0.717) is 38.9 Å². The first-order valence-corrected chi connectivity index (χ1v) is 8.31. The van der Waals surface area contributed by atoms with Crippen molar-refractivity contribution in [2.45, 2.75) is 78.1 Å². The van der Waals surface area contributed by atoms with Crippen molar-refractivity contribution in [2.24, 2.45) is 5.41 Å². The van der Waals surface area contributed by atoms with Crippen molar-refractivity contribution in [1.82, 2.24) is 0 Å². The Bertz CT molecular complexity index is 323. The first kappa shape index (κ1) is 18.0. The molecule has 0 spiro atoms. The molecule has 1 fully saturated rings. The lowest BCUT2D eigenvalue weighted by Gasteiger charge is -2.24. The Morgan fingerprint density at radius 3 is 2.05 bits per heavy atom. The van der Waals surface area contributed by atoms with Crippen LogP contribution < -0.4 is 0 Å². The van der Waals surface area contributed by atoms with Gasteiger partial charge in [-0.2, -0.15) is 0 Å². The van der Waals surface area contributed by atoms with Crippen LogP contribution in [0, 0.1) is 5.41 Å². The zero-order chi connectivity index (χ0) is 15.6. The van der Waals surface area contributed by atoms with Crippen LogP contribution in [0.15, 0.2) is 0 Å². The number of cyclic esters (lactones) is 2. The Morgan fingerprint density at radius 2 is 1.33 bits per heavy atom. The molecule has 1 aliphatic heterocycles. The van der Waals surface area contributed by atoms with Crippen LogP contribution in [0.1, 0.15) is 78.1 Å². The second-order valence-corrected chi connectivity index (χ2v) is 6.77. The smallest absolute Gasteiger partial charge is 0.305 e. The average molecular weight is 298 g/mol. The van der Waals surface area contributed by atoms with E-state index in [0.717, 1.165) is 25.7 Å². The van der Waals surface area contributed by atoms with Crippen LogP contribution in [0.25, 0.3) is 0 Å². The molecule has 122 valence electrons. The van der Waals surface area contributed by atoms with E-state index in [1.54, 1.807) is 0 Å². The normalized spacial score (nSPS) is 23.7. The lowest BCUT2D eigenvalue weighted by atomic mass is 9.87. The van der Waals surface area contributed by atoms with E-state index in [-0.39, 0.29) is 17.4 Å². The lowest BCUT2D eigenvalue weighted by Crippen LogP contribution is -2.22. The first-order chi connectivity index (χ1) is 9.99. The van der Waals surface area contributed by atoms with E-state index >= 15 is 0 Å². The van der Waals surface area contributed by atoms with E-state index < -0.39 is 0 Å². The molecule has 0 amide bonds. The summed E-state index contributed by atoms with van der Waals surface area (Å²) in [4.78, 5) is 23.1. The van der Waals surface area contributed by atoms with Gasteiger partial charge in [-0.1, -0.05) is 39.5 Å². The maximum atomic E-state index is 11.7. The SMILES string of the molecule is CC1(C)CCCCCCCOC(=O)CCCCC(=O)OC1. The third-order valence-electron chi connectivity index (χ3n) is 3.90. The molecule has 4 heteroatoms. The molecule has 0 aromatic heterocycles. The predicted octanol–water partition coefficient (Wildman–Crippen LogP) is 4.01. The zero-order valence-corrected chi connectivity index (χ0v) is 13.6. The second-order valence-electron chi connectivity index (χ2n) is 6.77. The maximum Gasteiger partial charge on any atom is 0.305 e. The summed E-state index contributed by atoms with van der Waals surface area (Å²) in [7, 11) is 0. The molecule has 0 atom stereocenters. The summed E-state index contributed by atoms with van der Waals surface area (Å²) in [5.74, 6) is -0.297. The summed E-state index contributed by atoms with van der Waals surface area (Å²) < 4.78 is 10.5. The van der Waals surface area contributed by atoms with E-state index in [1.165, 1.54) is 12.8 Å². The fourth-order valence-corrected chi connectivity index (χ4v) is 2.45. The lowest BCUT2D eigenvalue weighted by molar-refractivity contribution is -0.148. The van der Waals surface area contributed by atoms with Crippen molar-refractivity contribution < 1.29 is 19.1 Å². The molecular formula is C17H30O4. The Kier molecular flexibility index (Phi) is 8.40. The summed E-state index contributed by atoms with van der Waals surface area (Å²) in [6.07, 6.45) is 8.84. The molecule has 1 saturated heterocycles. The minimum atomic E-state index is -0.152. The van der Waals surface area contributed by atoms with Crippen LogP contribution in [0.2, 0.25) is 0 Å². The summed E-state index contributed by atoms with van der Waals surface area (Å²) in [5, 5.41) is 0. The molecule has 0 unspecified atom stereocenters. The van der Waals surface area contributed by atoms with Gasteiger partial charge in [-0.05, 0) is 31.1 Å². The molecule has 0 bridgehead atoms. The van der Waals surface area contributed by atoms with Crippen molar-refractivity contribution in [3.63, 3.8) is 0 Å². The zero-order valence-electron chi connectivity index (χ0n) is 13.6. The number of carbonyl (C=O) groups is 2. The van der Waals surface area contributed by atoms with Gasteiger partial charge in [0.25, 0.3) is 0 Å². The minimum Gasteiger partial charge on any atom is -0.466 e. The van der Waals surface area contributed by atoms with Crippen LogP contribution in [0.4, 0.5) is 0 Å². The predicted molar refractivity (Wildman–Crippen MR) is 81.9 cm³/mol. The van der Waals surface area contributed by atoms with Crippen LogP contribution in [-0.2, 0) is 19.1 Å². The standard InChI is InChI=1S/C17H30O4/c1-17(2)12-8-4-3-5-9-13-20-15(18)10-6-7-11-16(19)21-14-17/h3-14H2,1-2H3. The Hall–Kier alpha value is -1.06. The fourth-order valence-electron chi connectivity index (χ4n) is 2.45. The molecule has 21 heavy (non-hydrogen) atoms. The van der Waals surface area contributed by atoms with E-state index in [2.05, 4.69) is 13.8 Å². The largest absolute Gasteiger partial charge is 0.466 e. The third-order valence-corrected chi connectivity index (χ3v) is 3.90. The van der Waals surface area contributed by atoms with Gasteiger partial charge in [0.15, 0.2) is 0 Å². The average Bonchev–Trinajstić information content (AvgIpc) is 2.43. The maximum absolute atomic E-state index is 11.7. The summed E-state index contributed by atoms with van der Waals surface area (Å²) in [6.45, 7) is 5.34. The molecule has 0 saturated carbocycles. The fraction of sp³-hybridized carbons (Fsp3) is 0.882. The van der Waals surface area contributed by atoms with Crippen molar-refractivity contribution >= 4 is 11.9 Å². The molecule has 0 radical (unpaired) electrons. The van der Waals surface area contributed by atoms with Gasteiger partial charge in [0.05, 0.1) is 13.2 Å². The van der Waals surface area contributed by atoms with Gasteiger partial charge < -0.3 is 9.47 Å². The van der Waals surface area contributed by atoms with Gasteiger partial charge in [0, 0.05) is 12.8 Å². The molecule has 1 heterocycles. The molecule has 0 aromatic rings. The summed E-state index contributed by atoms with van der Waals surface area (Å²) >= 11 is 0. The molecule has 1 aliphatic rings. The highest BCUT2D eigenvalue weighted by Gasteiger charge is 2.20. The van der Waals surface area contributed by atoms with Crippen LogP contribution in [0.3, 0.4) is 0 Å². The Labute approximate surface area is 128 Å². The van der Waals surface area contributed by atoms with Crippen LogP contribution in [0.5, 0.6) is 0 Å². The van der Waals surface area contributed by atoms with Crippen molar-refractivity contribution in [3.8, 4) is 0 Å². The van der Waals surface area contributed by atoms with Gasteiger partial charge in [0.1, 0.15) is 0 Å². The molecule has 1 rings (SSSR count). The number of carbonyl (C=O) groups excluding carboxylic acids is 2. The molecule has 0 aliphatic carbocycles. The number of rotatable bonds is 0. The van der Waals surface area contributed by atoms with Crippen molar-refractivity contribution in [2.75, 3.05) is 13.2 Å². The highest BCUT2D eigenvalue weighted by atomic mass is 16.5. The van der Waals surface area contributed by atoms with Gasteiger partial charge in [0.2, 0.25) is 0 Å². The molecule has 4 nitrogen and oxygen atoms in total. The number of ether oxygens (including phenoxy) is 2. The Morgan fingerprint density at radius 1 is 0.762 bits per heavy atom. The van der Waals surface area contributed by atoms with Gasteiger partial charge >= 0.3 is 11.9 Å². The van der Waals surface area contributed by atoms with Gasteiger partial charge in [-0.3, -0.25) is 9.59 Å². The monoisotopic (exact) mass is 298 g/mol. The summed E-state index contributed by atoms with van der Waals surface area (Å²) in [6, 6.07) is 0. The molecule has 0 N–H and O–H groups in total. The topological polar surface area (TPSA) is 52.6 Å². The Balaban J connectivity index is 2.39. The van der Waals surface area contributed by atoms with E-state index in [4.69, 9.17) is 9.47 Å². The van der Waals surface area contributed by atoms with E-state index in [9.17, 15) is 9.59 Å². The van der Waals surface area contributed by atoms with Gasteiger partial charge in [-0.25, -0.2) is 0 Å². The number of esters is 2. The van der Waals surface area contributed by atoms with Crippen LogP contribution >= 0.6 is 0 Å². The molecule has 0 aromatic carbocycles. The highest BCUT2D eigenvalue weighted by molar-refractivity contribution is 5.70. The second kappa shape index (κ2) is 9.80. The van der Waals surface area contributed by atoms with Crippen LogP contribution in [-0.4, -0.2) is 25.2 Å². The summed E-state index contributed by atoms with van der Waals surface area (Å²) in [5.41, 5.74) is 0.0582.